The monoisotopic (exact) mass is 306 g/mol. The van der Waals surface area contributed by atoms with Crippen LogP contribution < -0.4 is 5.73 Å². The fourth-order valence-corrected chi connectivity index (χ4v) is 2.30. The van der Waals surface area contributed by atoms with E-state index >= 15 is 0 Å². The molecule has 1 heterocycles. The number of amides is 1. The zero-order chi connectivity index (χ0) is 15.4. The average molecular weight is 307 g/mol. The molecule has 2 N–H and O–H groups in total. The van der Waals surface area contributed by atoms with Gasteiger partial charge in [0.2, 0.25) is 5.91 Å². The molecule has 1 aromatic carbocycles. The van der Waals surface area contributed by atoms with Crippen LogP contribution in [0.15, 0.2) is 36.7 Å². The van der Waals surface area contributed by atoms with Crippen LogP contribution in [0.3, 0.4) is 0 Å². The minimum Gasteiger partial charge on any atom is -0.396 e. The Hall–Kier alpha value is -2.01. The molecule has 5 nitrogen and oxygen atoms in total. The predicted octanol–water partition coefficient (Wildman–Crippen LogP) is 2.56. The van der Waals surface area contributed by atoms with E-state index in [1.807, 2.05) is 38.1 Å². The maximum Gasteiger partial charge on any atom is 0.244 e. The molecule has 21 heavy (non-hydrogen) atoms. The van der Waals surface area contributed by atoms with Crippen LogP contribution in [0.5, 0.6) is 0 Å². The Bertz CT molecular complexity index is 624. The lowest BCUT2D eigenvalue weighted by atomic mass is 10.2. The van der Waals surface area contributed by atoms with Gasteiger partial charge in [-0.1, -0.05) is 23.7 Å². The molecule has 112 valence electrons. The van der Waals surface area contributed by atoms with Crippen molar-refractivity contribution in [2.45, 2.75) is 33.0 Å². The molecule has 0 aliphatic heterocycles. The summed E-state index contributed by atoms with van der Waals surface area (Å²) in [5.74, 6) is -0.00641. The van der Waals surface area contributed by atoms with Gasteiger partial charge in [-0.25, -0.2) is 0 Å². The van der Waals surface area contributed by atoms with E-state index in [1.165, 1.54) is 6.20 Å². The molecular weight excluding hydrogens is 288 g/mol. The fourth-order valence-electron chi connectivity index (χ4n) is 2.09. The lowest BCUT2D eigenvalue weighted by molar-refractivity contribution is -0.134. The van der Waals surface area contributed by atoms with Gasteiger partial charge in [-0.15, -0.1) is 0 Å². The van der Waals surface area contributed by atoms with Crippen LogP contribution in [0, 0.1) is 0 Å². The molecular formula is C15H19ClN4O. The highest BCUT2D eigenvalue weighted by molar-refractivity contribution is 6.30. The Morgan fingerprint density at radius 1 is 1.48 bits per heavy atom. The SMILES string of the molecule is CC(C)N(Cc1cccc(Cl)c1)C(=O)Cn1cc(N)cn1. The summed E-state index contributed by atoms with van der Waals surface area (Å²) in [5.41, 5.74) is 7.16. The standard InChI is InChI=1S/C15H19ClN4O/c1-11(2)20(8-12-4-3-5-13(16)6-12)15(21)10-19-9-14(17)7-18-19/h3-7,9,11H,8,10,17H2,1-2H3. The van der Waals surface area contributed by atoms with Crippen LogP contribution in [0.4, 0.5) is 5.69 Å². The second-order valence-electron chi connectivity index (χ2n) is 5.22. The van der Waals surface area contributed by atoms with Gasteiger partial charge in [-0.05, 0) is 31.5 Å². The third kappa shape index (κ3) is 4.23. The van der Waals surface area contributed by atoms with Gasteiger partial charge in [0, 0.05) is 23.8 Å². The number of rotatable bonds is 5. The van der Waals surface area contributed by atoms with E-state index in [9.17, 15) is 4.79 Å². The Balaban J connectivity index is 2.09. The van der Waals surface area contributed by atoms with Crippen molar-refractivity contribution in [3.8, 4) is 0 Å². The van der Waals surface area contributed by atoms with Crippen LogP contribution >= 0.6 is 11.6 Å². The molecule has 0 bridgehead atoms. The minimum atomic E-state index is -0.00641. The third-order valence-electron chi connectivity index (χ3n) is 3.14. The highest BCUT2D eigenvalue weighted by Crippen LogP contribution is 2.14. The number of carbonyl (C=O) groups is 1. The highest BCUT2D eigenvalue weighted by Gasteiger charge is 2.18. The molecule has 0 aliphatic rings. The fraction of sp³-hybridized carbons (Fsp3) is 0.333. The maximum atomic E-state index is 12.4. The van der Waals surface area contributed by atoms with Crippen molar-refractivity contribution < 1.29 is 4.79 Å². The van der Waals surface area contributed by atoms with Crippen LogP contribution in [-0.2, 0) is 17.9 Å². The topological polar surface area (TPSA) is 64.2 Å². The summed E-state index contributed by atoms with van der Waals surface area (Å²) < 4.78 is 1.55. The number of aromatic nitrogens is 2. The molecule has 0 aliphatic carbocycles. The van der Waals surface area contributed by atoms with Gasteiger partial charge < -0.3 is 10.6 Å². The maximum absolute atomic E-state index is 12.4. The molecule has 0 saturated heterocycles. The van der Waals surface area contributed by atoms with Crippen LogP contribution in [0.25, 0.3) is 0 Å². The zero-order valence-corrected chi connectivity index (χ0v) is 12.9. The molecule has 0 fully saturated rings. The summed E-state index contributed by atoms with van der Waals surface area (Å²) in [4.78, 5) is 14.2. The molecule has 6 heteroatoms. The molecule has 0 atom stereocenters. The van der Waals surface area contributed by atoms with Gasteiger partial charge in [-0.2, -0.15) is 5.10 Å². The van der Waals surface area contributed by atoms with Crippen molar-refractivity contribution in [1.82, 2.24) is 14.7 Å². The summed E-state index contributed by atoms with van der Waals surface area (Å²) >= 11 is 5.99. The summed E-state index contributed by atoms with van der Waals surface area (Å²) in [5, 5.41) is 4.71. The van der Waals surface area contributed by atoms with Crippen molar-refractivity contribution in [3.63, 3.8) is 0 Å². The first-order valence-corrected chi connectivity index (χ1v) is 7.15. The van der Waals surface area contributed by atoms with Gasteiger partial charge in [0.05, 0.1) is 11.9 Å². The summed E-state index contributed by atoms with van der Waals surface area (Å²) in [6.07, 6.45) is 3.18. The van der Waals surface area contributed by atoms with Crippen molar-refractivity contribution in [2.75, 3.05) is 5.73 Å². The summed E-state index contributed by atoms with van der Waals surface area (Å²) in [7, 11) is 0. The normalized spacial score (nSPS) is 10.9. The molecule has 0 saturated carbocycles. The first kappa shape index (κ1) is 15.4. The number of nitrogen functional groups attached to an aromatic ring is 1. The smallest absolute Gasteiger partial charge is 0.244 e. The quantitative estimate of drug-likeness (QED) is 0.923. The van der Waals surface area contributed by atoms with Gasteiger partial charge in [0.15, 0.2) is 0 Å². The molecule has 0 spiro atoms. The van der Waals surface area contributed by atoms with E-state index in [0.29, 0.717) is 17.3 Å². The number of hydrogen-bond donors (Lipinski definition) is 1. The van der Waals surface area contributed by atoms with E-state index < -0.39 is 0 Å². The lowest BCUT2D eigenvalue weighted by Gasteiger charge is -2.27. The van der Waals surface area contributed by atoms with E-state index in [-0.39, 0.29) is 18.5 Å². The Morgan fingerprint density at radius 3 is 2.81 bits per heavy atom. The number of halogens is 1. The van der Waals surface area contributed by atoms with Crippen molar-refractivity contribution in [2.24, 2.45) is 0 Å². The molecule has 0 unspecified atom stereocenters. The number of nitrogens with zero attached hydrogens (tertiary/aromatic N) is 3. The molecule has 1 amide bonds. The van der Waals surface area contributed by atoms with E-state index in [0.717, 1.165) is 5.56 Å². The summed E-state index contributed by atoms with van der Waals surface area (Å²) in [6, 6.07) is 7.62. The van der Waals surface area contributed by atoms with Gasteiger partial charge in [0.1, 0.15) is 6.54 Å². The minimum absolute atomic E-state index is 0.00641. The largest absolute Gasteiger partial charge is 0.396 e. The van der Waals surface area contributed by atoms with Gasteiger partial charge in [-0.3, -0.25) is 9.48 Å². The lowest BCUT2D eigenvalue weighted by Crippen LogP contribution is -2.38. The third-order valence-corrected chi connectivity index (χ3v) is 3.37. The number of nitrogens with two attached hydrogens (primary N) is 1. The number of anilines is 1. The van der Waals surface area contributed by atoms with E-state index in [2.05, 4.69) is 5.10 Å². The molecule has 2 rings (SSSR count). The Kier molecular flexibility index (Phi) is 4.85. The summed E-state index contributed by atoms with van der Waals surface area (Å²) in [6.45, 7) is 4.67. The van der Waals surface area contributed by atoms with E-state index in [1.54, 1.807) is 15.8 Å². The van der Waals surface area contributed by atoms with Crippen LogP contribution in [0.1, 0.15) is 19.4 Å². The van der Waals surface area contributed by atoms with Gasteiger partial charge >= 0.3 is 0 Å². The van der Waals surface area contributed by atoms with E-state index in [4.69, 9.17) is 17.3 Å². The van der Waals surface area contributed by atoms with Crippen LogP contribution in [-0.4, -0.2) is 26.6 Å². The number of benzene rings is 1. The van der Waals surface area contributed by atoms with Crippen LogP contribution in [0.2, 0.25) is 5.02 Å². The highest BCUT2D eigenvalue weighted by atomic mass is 35.5. The van der Waals surface area contributed by atoms with Crippen molar-refractivity contribution in [3.05, 3.63) is 47.2 Å². The predicted molar refractivity (Wildman–Crippen MR) is 83.8 cm³/mol. The van der Waals surface area contributed by atoms with Crippen molar-refractivity contribution >= 4 is 23.2 Å². The first-order valence-electron chi connectivity index (χ1n) is 6.77. The van der Waals surface area contributed by atoms with Crippen molar-refractivity contribution in [1.29, 1.82) is 0 Å². The molecule has 0 radical (unpaired) electrons. The number of hydrogen-bond acceptors (Lipinski definition) is 3. The Morgan fingerprint density at radius 2 is 2.24 bits per heavy atom. The first-order chi connectivity index (χ1) is 9.95. The second-order valence-corrected chi connectivity index (χ2v) is 5.65. The molecule has 1 aromatic heterocycles. The Labute approximate surface area is 129 Å². The molecule has 2 aromatic rings. The second kappa shape index (κ2) is 6.63. The zero-order valence-electron chi connectivity index (χ0n) is 12.2. The average Bonchev–Trinajstić information content (AvgIpc) is 2.81. The number of carbonyl (C=O) groups excluding carboxylic acids is 1. The van der Waals surface area contributed by atoms with Gasteiger partial charge in [0.25, 0.3) is 0 Å².